The highest BCUT2D eigenvalue weighted by Crippen LogP contribution is 2.30. The van der Waals surface area contributed by atoms with Crippen molar-refractivity contribution in [2.75, 3.05) is 13.2 Å². The maximum absolute atomic E-state index is 12.3. The summed E-state index contributed by atoms with van der Waals surface area (Å²) >= 11 is 12.1. The highest BCUT2D eigenvalue weighted by Gasteiger charge is 2.21. The van der Waals surface area contributed by atoms with Crippen LogP contribution < -0.4 is 5.32 Å². The average Bonchev–Trinajstić information content (AvgIpc) is 3.24. The van der Waals surface area contributed by atoms with E-state index in [9.17, 15) is 9.59 Å². The first-order valence-electron chi connectivity index (χ1n) is 10.2. The van der Waals surface area contributed by atoms with Gasteiger partial charge in [-0.15, -0.1) is 0 Å². The number of pyridine rings is 1. The molecule has 0 aliphatic rings. The fourth-order valence-corrected chi connectivity index (χ4v) is 3.59. The third kappa shape index (κ3) is 6.80. The van der Waals surface area contributed by atoms with Crippen molar-refractivity contribution in [2.45, 2.75) is 26.2 Å². The monoisotopic (exact) mass is 475 g/mol. The van der Waals surface area contributed by atoms with Gasteiger partial charge in [-0.2, -0.15) is 0 Å². The van der Waals surface area contributed by atoms with Crippen molar-refractivity contribution in [3.8, 4) is 11.3 Å². The second kappa shape index (κ2) is 11.6. The Balaban J connectivity index is 1.53. The van der Waals surface area contributed by atoms with Gasteiger partial charge in [0.2, 0.25) is 5.91 Å². The minimum atomic E-state index is -0.497. The lowest BCUT2D eigenvalue weighted by atomic mass is 10.0. The van der Waals surface area contributed by atoms with Gasteiger partial charge in [-0.3, -0.25) is 14.6 Å². The highest BCUT2D eigenvalue weighted by atomic mass is 35.5. The third-order valence-corrected chi connectivity index (χ3v) is 5.23. The number of amides is 1. The molecule has 0 fully saturated rings. The lowest BCUT2D eigenvalue weighted by Crippen LogP contribution is -2.35. The smallest absolute Gasteiger partial charge is 0.311 e. The maximum Gasteiger partial charge on any atom is 0.311 e. The van der Waals surface area contributed by atoms with Crippen molar-refractivity contribution in [1.82, 2.24) is 15.3 Å². The molecule has 1 N–H and O–H groups in total. The van der Waals surface area contributed by atoms with Gasteiger partial charge in [0.25, 0.3) is 0 Å². The van der Waals surface area contributed by atoms with Crippen molar-refractivity contribution in [2.24, 2.45) is 5.92 Å². The van der Waals surface area contributed by atoms with Gasteiger partial charge in [0.05, 0.1) is 23.7 Å². The molecule has 0 unspecified atom stereocenters. The van der Waals surface area contributed by atoms with Crippen LogP contribution in [-0.4, -0.2) is 35.0 Å². The summed E-state index contributed by atoms with van der Waals surface area (Å²) in [6.07, 6.45) is 5.83. The van der Waals surface area contributed by atoms with Crippen molar-refractivity contribution in [3.05, 3.63) is 70.4 Å². The van der Waals surface area contributed by atoms with E-state index in [0.717, 1.165) is 5.56 Å². The number of aromatic nitrogens is 2. The number of carbonyl (C=O) groups is 2. The Morgan fingerprint density at radius 3 is 2.78 bits per heavy atom. The number of nitrogens with one attached hydrogen (secondary N) is 1. The minimum absolute atomic E-state index is 0.163. The molecule has 3 aromatic rings. The zero-order chi connectivity index (χ0) is 22.9. The fourth-order valence-electron chi connectivity index (χ4n) is 3.09. The number of benzene rings is 1. The molecule has 3 rings (SSSR count). The van der Waals surface area contributed by atoms with E-state index in [1.807, 2.05) is 6.07 Å². The fraction of sp³-hybridized carbons (Fsp3) is 0.304. The van der Waals surface area contributed by atoms with E-state index >= 15 is 0 Å². The zero-order valence-corrected chi connectivity index (χ0v) is 19.0. The van der Waals surface area contributed by atoms with Crippen molar-refractivity contribution < 1.29 is 18.7 Å². The quantitative estimate of drug-likeness (QED) is 0.433. The van der Waals surface area contributed by atoms with E-state index < -0.39 is 5.92 Å². The van der Waals surface area contributed by atoms with Gasteiger partial charge in [-0.1, -0.05) is 29.3 Å². The van der Waals surface area contributed by atoms with Crippen LogP contribution in [0.15, 0.2) is 53.3 Å². The van der Waals surface area contributed by atoms with Crippen LogP contribution in [0.1, 0.15) is 24.8 Å². The number of esters is 1. The molecule has 2 heterocycles. The third-order valence-electron chi connectivity index (χ3n) is 4.69. The first kappa shape index (κ1) is 23.8. The SMILES string of the molecule is CCOC(=O)[C@H](CNC(=O)CCc1ncc(-c2ccc(Cl)cc2Cl)o1)Cc1cccnc1. The van der Waals surface area contributed by atoms with Gasteiger partial charge >= 0.3 is 5.97 Å². The van der Waals surface area contributed by atoms with E-state index in [4.69, 9.17) is 32.4 Å². The average molecular weight is 476 g/mol. The van der Waals surface area contributed by atoms with Gasteiger partial charge in [0.1, 0.15) is 0 Å². The van der Waals surface area contributed by atoms with Crippen molar-refractivity contribution in [3.63, 3.8) is 0 Å². The summed E-state index contributed by atoms with van der Waals surface area (Å²) in [6.45, 7) is 2.20. The molecule has 1 atom stereocenters. The molecule has 0 aliphatic carbocycles. The molecular formula is C23H23Cl2N3O4. The summed E-state index contributed by atoms with van der Waals surface area (Å²) in [5.41, 5.74) is 1.57. The second-order valence-electron chi connectivity index (χ2n) is 7.06. The summed E-state index contributed by atoms with van der Waals surface area (Å²) in [5, 5.41) is 3.78. The number of hydrogen-bond acceptors (Lipinski definition) is 6. The standard InChI is InChI=1S/C23H23Cl2N3O4/c1-2-31-23(30)16(10-15-4-3-9-26-12-15)13-27-21(29)7-8-22-28-14-20(32-22)18-6-5-17(24)11-19(18)25/h3-6,9,11-12,14,16H,2,7-8,10,13H2,1H3,(H,27,29)/t16-/m0/s1. The Morgan fingerprint density at radius 2 is 2.06 bits per heavy atom. The number of carbonyl (C=O) groups excluding carboxylic acids is 2. The van der Waals surface area contributed by atoms with Gasteiger partial charge in [0, 0.05) is 42.4 Å². The number of hydrogen-bond donors (Lipinski definition) is 1. The van der Waals surface area contributed by atoms with Crippen LogP contribution in [0.4, 0.5) is 0 Å². The topological polar surface area (TPSA) is 94.3 Å². The number of oxazole rings is 1. The van der Waals surface area contributed by atoms with Gasteiger partial charge in [0.15, 0.2) is 11.7 Å². The number of ether oxygens (including phenoxy) is 1. The summed E-state index contributed by atoms with van der Waals surface area (Å²) in [6, 6.07) is 8.77. The van der Waals surface area contributed by atoms with E-state index in [1.165, 1.54) is 0 Å². The predicted molar refractivity (Wildman–Crippen MR) is 121 cm³/mol. The van der Waals surface area contributed by atoms with Crippen molar-refractivity contribution >= 4 is 35.1 Å². The highest BCUT2D eigenvalue weighted by molar-refractivity contribution is 6.36. The van der Waals surface area contributed by atoms with Gasteiger partial charge < -0.3 is 14.5 Å². The number of rotatable bonds is 10. The molecule has 0 saturated heterocycles. The van der Waals surface area contributed by atoms with Crippen LogP contribution in [0, 0.1) is 5.92 Å². The molecule has 1 aromatic carbocycles. The molecule has 7 nitrogen and oxygen atoms in total. The largest absolute Gasteiger partial charge is 0.466 e. The first-order valence-corrected chi connectivity index (χ1v) is 10.9. The lowest BCUT2D eigenvalue weighted by Gasteiger charge is -2.16. The molecule has 0 saturated carbocycles. The van der Waals surface area contributed by atoms with Crippen LogP contribution in [0.5, 0.6) is 0 Å². The molecule has 9 heteroatoms. The van der Waals surface area contributed by atoms with Gasteiger partial charge in [-0.25, -0.2) is 4.98 Å². The minimum Gasteiger partial charge on any atom is -0.466 e. The second-order valence-corrected chi connectivity index (χ2v) is 7.90. The lowest BCUT2D eigenvalue weighted by molar-refractivity contribution is -0.147. The molecule has 0 aliphatic heterocycles. The van der Waals surface area contributed by atoms with Crippen LogP contribution in [0.25, 0.3) is 11.3 Å². The molecule has 2 aromatic heterocycles. The molecule has 0 radical (unpaired) electrons. The zero-order valence-electron chi connectivity index (χ0n) is 17.5. The van der Waals surface area contributed by atoms with E-state index in [2.05, 4.69) is 15.3 Å². The van der Waals surface area contributed by atoms with Crippen LogP contribution in [0.2, 0.25) is 10.0 Å². The Morgan fingerprint density at radius 1 is 1.22 bits per heavy atom. The van der Waals surface area contributed by atoms with Crippen LogP contribution in [0.3, 0.4) is 0 Å². The maximum atomic E-state index is 12.3. The Kier molecular flexibility index (Phi) is 8.64. The predicted octanol–water partition coefficient (Wildman–Crippen LogP) is 4.51. The Bertz CT molecular complexity index is 1060. The Labute approximate surface area is 196 Å². The normalized spacial score (nSPS) is 11.7. The molecular weight excluding hydrogens is 453 g/mol. The Hall–Kier alpha value is -2.90. The summed E-state index contributed by atoms with van der Waals surface area (Å²) < 4.78 is 10.9. The summed E-state index contributed by atoms with van der Waals surface area (Å²) in [5.74, 6) is -0.147. The van der Waals surface area contributed by atoms with Crippen LogP contribution in [-0.2, 0) is 27.2 Å². The van der Waals surface area contributed by atoms with Gasteiger partial charge in [-0.05, 0) is 43.2 Å². The number of nitrogens with zero attached hydrogens (tertiary/aromatic N) is 2. The molecule has 32 heavy (non-hydrogen) atoms. The number of aryl methyl sites for hydroxylation is 1. The molecule has 168 valence electrons. The van der Waals surface area contributed by atoms with Crippen molar-refractivity contribution in [1.29, 1.82) is 0 Å². The number of halogens is 2. The first-order chi connectivity index (χ1) is 15.5. The van der Waals surface area contributed by atoms with E-state index in [0.29, 0.717) is 40.1 Å². The molecule has 1 amide bonds. The summed E-state index contributed by atoms with van der Waals surface area (Å²) in [7, 11) is 0. The van der Waals surface area contributed by atoms with Crippen LogP contribution >= 0.6 is 23.2 Å². The molecule has 0 spiro atoms. The molecule has 0 bridgehead atoms. The summed E-state index contributed by atoms with van der Waals surface area (Å²) in [4.78, 5) is 32.9. The van der Waals surface area contributed by atoms with E-state index in [-0.39, 0.29) is 31.4 Å². The van der Waals surface area contributed by atoms with E-state index in [1.54, 1.807) is 49.8 Å².